The molecule has 4 aromatic carbocycles. The maximum atomic E-state index is 13.4. The number of anilines is 16. The van der Waals surface area contributed by atoms with Gasteiger partial charge in [-0.2, -0.15) is 80.2 Å². The van der Waals surface area contributed by atoms with Gasteiger partial charge in [0.2, 0.25) is 71.4 Å². The molecule has 2 saturated heterocycles. The van der Waals surface area contributed by atoms with Gasteiger partial charge < -0.3 is 74.9 Å². The van der Waals surface area contributed by atoms with Crippen molar-refractivity contribution in [1.82, 2.24) is 101 Å². The molecular weight excluding hydrogens is 1490 g/mol. The first-order chi connectivity index (χ1) is 53.8. The third-order valence-electron chi connectivity index (χ3n) is 18.9. The number of hydrogen-bond donors (Lipinski definition) is 16. The summed E-state index contributed by atoms with van der Waals surface area (Å²) in [6.07, 6.45) is 10.4. The van der Waals surface area contributed by atoms with Crippen molar-refractivity contribution in [3.05, 3.63) is 187 Å². The van der Waals surface area contributed by atoms with Crippen LogP contribution in [0.25, 0.3) is 0 Å². The minimum atomic E-state index is -0.537. The number of benzene rings is 4. The van der Waals surface area contributed by atoms with Crippen molar-refractivity contribution in [2.45, 2.75) is 119 Å². The number of aromatic nitrogens is 20. The van der Waals surface area contributed by atoms with Crippen molar-refractivity contribution >= 4 is 129 Å². The molecule has 0 amide bonds. The van der Waals surface area contributed by atoms with E-state index in [1.54, 1.807) is 36.4 Å². The predicted octanol–water partition coefficient (Wildman–Crippen LogP) is 13.3. The number of nitrogens with zero attached hydrogens (tertiary/aromatic N) is 16. The highest BCUT2D eigenvalue weighted by molar-refractivity contribution is 6.35. The minimum Gasteiger partial charge on any atom is -0.381 e. The average Bonchev–Trinajstić information content (AvgIpc) is 1.06. The molecule has 8 aromatic heterocycles. The van der Waals surface area contributed by atoms with Gasteiger partial charge in [0, 0.05) is 98.3 Å². The zero-order valence-corrected chi connectivity index (χ0v) is 62.2. The highest BCUT2D eigenvalue weighted by Crippen LogP contribution is 2.43. The highest BCUT2D eigenvalue weighted by atomic mass is 35.5. The summed E-state index contributed by atoms with van der Waals surface area (Å²) in [6, 6.07) is 33.1. The van der Waals surface area contributed by atoms with Crippen LogP contribution in [0.1, 0.15) is 158 Å². The second-order valence-electron chi connectivity index (χ2n) is 27.7. The molecule has 0 bridgehead atoms. The van der Waals surface area contributed by atoms with E-state index in [4.69, 9.17) is 67.2 Å². The third kappa shape index (κ3) is 19.9. The van der Waals surface area contributed by atoms with Gasteiger partial charge in [-0.05, 0) is 142 Å². The van der Waals surface area contributed by atoms with Crippen LogP contribution in [0.5, 0.6) is 0 Å². The van der Waals surface area contributed by atoms with Crippen LogP contribution in [0.4, 0.5) is 103 Å². The smallest absolute Gasteiger partial charge is 0.235 e. The Morgan fingerprint density at radius 2 is 0.793 bits per heavy atom. The Kier molecular flexibility index (Phi) is 22.2. The summed E-state index contributed by atoms with van der Waals surface area (Å²) >= 11 is 18.2. The summed E-state index contributed by atoms with van der Waals surface area (Å²) in [7, 11) is 0. The molecule has 12 aromatic rings. The molecule has 4 aliphatic carbocycles. The Morgan fingerprint density at radius 3 is 1.19 bits per heavy atom. The Bertz CT molecular complexity index is 5160. The first-order valence-corrected chi connectivity index (χ1v) is 37.2. The van der Waals surface area contributed by atoms with Gasteiger partial charge in [-0.1, -0.05) is 77.3 Å². The molecule has 20 N–H and O–H groups in total. The maximum absolute atomic E-state index is 13.4. The van der Waals surface area contributed by atoms with Crippen molar-refractivity contribution in [3.8, 4) is 0 Å². The lowest BCUT2D eigenvalue weighted by molar-refractivity contribution is -0.0451. The fraction of sp³-hybridized carbons (Fsp3) is 0.333. The quantitative estimate of drug-likeness (QED) is 0.0253. The van der Waals surface area contributed by atoms with Crippen LogP contribution in [-0.4, -0.2) is 127 Å². The second kappa shape index (κ2) is 33.1. The summed E-state index contributed by atoms with van der Waals surface area (Å²) in [5.74, 6) is 7.53. The largest absolute Gasteiger partial charge is 0.381 e. The number of H-pyrrole nitrogens is 4. The van der Waals surface area contributed by atoms with E-state index in [0.717, 1.165) is 51.5 Å². The normalized spacial score (nSPS) is 16.8. The molecule has 18 rings (SSSR count). The number of hydrogen-bond acceptors (Lipinski definition) is 30. The average molecular weight is 1570 g/mol. The molecule has 111 heavy (non-hydrogen) atoms. The molecule has 10 heterocycles. The fourth-order valence-electron chi connectivity index (χ4n) is 12.4. The minimum absolute atomic E-state index is 0.0197. The zero-order chi connectivity index (χ0) is 76.7. The fourth-order valence-corrected chi connectivity index (χ4v) is 13.1. The Balaban J connectivity index is 0.000000117. The van der Waals surface area contributed by atoms with E-state index in [9.17, 15) is 8.78 Å². The monoisotopic (exact) mass is 1570 g/mol. The number of nitrogen functional groups attached to an aromatic ring is 4. The lowest BCUT2D eigenvalue weighted by Crippen LogP contribution is -2.53. The number of halogens is 5. The van der Waals surface area contributed by atoms with E-state index >= 15 is 0 Å². The van der Waals surface area contributed by atoms with Crippen LogP contribution in [0.15, 0.2) is 115 Å². The molecule has 34 nitrogen and oxygen atoms in total. The first kappa shape index (κ1) is 74.5. The van der Waals surface area contributed by atoms with Crippen LogP contribution in [0.3, 0.4) is 0 Å². The Morgan fingerprint density at radius 1 is 0.414 bits per heavy atom. The van der Waals surface area contributed by atoms with Gasteiger partial charge in [0.05, 0.1) is 37.9 Å². The summed E-state index contributed by atoms with van der Waals surface area (Å²) in [5, 5.41) is 56.2. The van der Waals surface area contributed by atoms with E-state index in [0.29, 0.717) is 136 Å². The standard InChI is InChI=1S/C20H23FN8O.C18H19FN8O.C17H18Cl2N8.C17H19ClN8/c21-14-5-3-12(4-6-14)17(13-7-8-30-10-13)24-20-26-18(22)25-19(27-20)23-16-9-15(28-29-16)11-1-2-11;19-12-5-3-11(4-6-12)18(8-28-9-18)25-17-23-15(20)22-16(24-17)21-14-7-13(26-27-14)10-1-2-10;1-8(11-5-4-10(18)6-12(11)19)21-16-23-15(20)24-17(25-16)22-14-7-13(26-27-14)9-2-3-9;1-9(10-4-6-12(18)7-5-10)20-16-22-15(19)23-17(24-16)21-14-8-13(25-26-14)11-2-3-11/h3-6,9,11,13,17H,1-2,7-8,10H2,(H5,22,23,24,25,26,27,28,29);3-7,10H,1-2,8-9H2,(H5,20,21,22,23,24,25,26,27);4-9H,2-3H2,1H3,(H5,20,21,22,23,24,25,26,27);4-9,11H,2-3H2,1H3,(H5,19,20,21,22,23,24,25,26). The van der Waals surface area contributed by atoms with Crippen LogP contribution in [-0.2, 0) is 15.0 Å². The zero-order valence-electron chi connectivity index (χ0n) is 60.0. The lowest BCUT2D eigenvalue weighted by Gasteiger charge is -2.42. The number of nitrogens with one attached hydrogen (secondary N) is 12. The molecule has 4 unspecified atom stereocenters. The molecule has 0 spiro atoms. The van der Waals surface area contributed by atoms with Gasteiger partial charge in [0.1, 0.15) is 17.2 Å². The van der Waals surface area contributed by atoms with Crippen LogP contribution < -0.4 is 65.5 Å². The SMILES string of the molecule is CC(Nc1nc(N)nc(Nc2cc(C3CC3)[nH]n2)n1)c1ccc(Cl)cc1.CC(Nc1nc(N)nc(Nc2cc(C3CC3)[nH]n2)n1)c1ccc(Cl)cc1Cl.Nc1nc(Nc2cc(C3CC3)[nH]n2)nc(NC(c2ccc(F)cc2)C2CCOC2)n1.Nc1nc(Nc2cc(C3CC3)[nH]n2)nc(NC2(c3ccc(F)cc3)COC2)n1. The third-order valence-corrected chi connectivity index (χ3v) is 19.7. The van der Waals surface area contributed by atoms with E-state index in [1.807, 2.05) is 68.4 Å². The van der Waals surface area contributed by atoms with Gasteiger partial charge in [-0.25, -0.2) is 8.78 Å². The topological polar surface area (TPSA) is 488 Å². The van der Waals surface area contributed by atoms with Crippen molar-refractivity contribution in [2.75, 3.05) is 91.9 Å². The van der Waals surface area contributed by atoms with Crippen LogP contribution in [0.2, 0.25) is 15.1 Å². The number of nitrogens with two attached hydrogens (primary N) is 4. The first-order valence-electron chi connectivity index (χ1n) is 36.1. The molecule has 6 aliphatic rings. The molecular formula is C72H79Cl3F2N32O2. The lowest BCUT2D eigenvalue weighted by atomic mass is 9.88. The number of rotatable bonds is 25. The summed E-state index contributed by atoms with van der Waals surface area (Å²) in [4.78, 5) is 50.8. The second-order valence-corrected chi connectivity index (χ2v) is 29.0. The predicted molar refractivity (Wildman–Crippen MR) is 419 cm³/mol. The molecule has 2 aliphatic heterocycles. The van der Waals surface area contributed by atoms with Gasteiger partial charge >= 0.3 is 0 Å². The van der Waals surface area contributed by atoms with Gasteiger partial charge in [-0.3, -0.25) is 20.4 Å². The van der Waals surface area contributed by atoms with Crippen LogP contribution in [0, 0.1) is 17.6 Å². The molecule has 6 fully saturated rings. The molecule has 4 atom stereocenters. The van der Waals surface area contributed by atoms with Gasteiger partial charge in [0.15, 0.2) is 23.3 Å². The van der Waals surface area contributed by atoms with E-state index in [-0.39, 0.29) is 59.5 Å². The maximum Gasteiger partial charge on any atom is 0.235 e. The van der Waals surface area contributed by atoms with Gasteiger partial charge in [-0.15, -0.1) is 0 Å². The van der Waals surface area contributed by atoms with E-state index in [1.165, 1.54) is 75.6 Å². The van der Waals surface area contributed by atoms with E-state index < -0.39 is 5.54 Å². The van der Waals surface area contributed by atoms with Crippen LogP contribution >= 0.6 is 34.8 Å². The number of ether oxygens (including phenoxy) is 2. The highest BCUT2D eigenvalue weighted by Gasteiger charge is 2.42. The van der Waals surface area contributed by atoms with Crippen molar-refractivity contribution < 1.29 is 18.3 Å². The van der Waals surface area contributed by atoms with Crippen molar-refractivity contribution in [2.24, 2.45) is 5.92 Å². The summed E-state index contributed by atoms with van der Waals surface area (Å²) in [5.41, 5.74) is 31.1. The summed E-state index contributed by atoms with van der Waals surface area (Å²) in [6.45, 7) is 6.08. The number of aromatic amines is 4. The van der Waals surface area contributed by atoms with Crippen molar-refractivity contribution in [3.63, 3.8) is 0 Å². The summed E-state index contributed by atoms with van der Waals surface area (Å²) < 4.78 is 37.6. The Labute approximate surface area is 648 Å². The van der Waals surface area contributed by atoms with Crippen molar-refractivity contribution in [1.29, 1.82) is 0 Å². The van der Waals surface area contributed by atoms with E-state index in [2.05, 4.69) is 143 Å². The molecule has 574 valence electrons. The molecule has 0 radical (unpaired) electrons. The molecule has 39 heteroatoms. The van der Waals surface area contributed by atoms with Gasteiger partial charge in [0.25, 0.3) is 0 Å². The Hall–Kier alpha value is -12.0. The molecule has 4 saturated carbocycles.